The Balaban J connectivity index is 2.65. The van der Waals surface area contributed by atoms with Crippen molar-refractivity contribution in [3.05, 3.63) is 59.9 Å². The van der Waals surface area contributed by atoms with Crippen molar-refractivity contribution >= 4 is 34.2 Å². The van der Waals surface area contributed by atoms with Gasteiger partial charge in [0.2, 0.25) is 0 Å². The van der Waals surface area contributed by atoms with E-state index in [2.05, 4.69) is 16.6 Å². The summed E-state index contributed by atoms with van der Waals surface area (Å²) in [6.45, 7) is 3.69. The molecular weight excluding hydrogens is 244 g/mol. The quantitative estimate of drug-likeness (QED) is 0.460. The number of halogens is 1. The van der Waals surface area contributed by atoms with Crippen LogP contribution in [0.5, 0.6) is 0 Å². The molecule has 1 aromatic carbocycles. The van der Waals surface area contributed by atoms with Crippen LogP contribution in [0.15, 0.2) is 54.1 Å². The Hall–Kier alpha value is -1.93. The maximum Gasteiger partial charge on any atom is 0.137 e. The van der Waals surface area contributed by atoms with Crippen molar-refractivity contribution in [2.45, 2.75) is 0 Å². The number of aromatic nitrogens is 1. The second kappa shape index (κ2) is 5.61. The zero-order valence-corrected chi connectivity index (χ0v) is 10.9. The lowest BCUT2D eigenvalue weighted by atomic mass is 10.1. The van der Waals surface area contributed by atoms with Gasteiger partial charge in [0.15, 0.2) is 0 Å². The van der Waals surface area contributed by atoms with Crippen LogP contribution in [0.1, 0.15) is 5.69 Å². The third-order valence-electron chi connectivity index (χ3n) is 2.56. The summed E-state index contributed by atoms with van der Waals surface area (Å²) < 4.78 is 0. The molecule has 0 spiro atoms. The second-order valence-electron chi connectivity index (χ2n) is 3.76. The summed E-state index contributed by atoms with van der Waals surface area (Å²) in [5.41, 5.74) is 1.68. The Kier molecular flexibility index (Phi) is 3.90. The summed E-state index contributed by atoms with van der Waals surface area (Å²) in [6, 6.07) is 9.90. The van der Waals surface area contributed by atoms with Gasteiger partial charge in [-0.3, -0.25) is 4.99 Å². The Labute approximate surface area is 111 Å². The van der Waals surface area contributed by atoms with Gasteiger partial charge in [0, 0.05) is 24.2 Å². The smallest absolute Gasteiger partial charge is 0.137 e. The molecule has 0 N–H and O–H groups in total. The van der Waals surface area contributed by atoms with Crippen LogP contribution < -0.4 is 0 Å². The molecule has 1 aromatic heterocycles. The molecule has 18 heavy (non-hydrogen) atoms. The van der Waals surface area contributed by atoms with Crippen LogP contribution in [-0.4, -0.2) is 18.2 Å². The summed E-state index contributed by atoms with van der Waals surface area (Å²) in [6.07, 6.45) is 5.32. The first-order valence-corrected chi connectivity index (χ1v) is 5.94. The molecule has 0 aliphatic carbocycles. The summed E-state index contributed by atoms with van der Waals surface area (Å²) in [5, 5.41) is 2.52. The molecule has 1 heterocycles. The van der Waals surface area contributed by atoms with Crippen LogP contribution in [0.3, 0.4) is 0 Å². The normalized spacial score (nSPS) is 12.2. The van der Waals surface area contributed by atoms with Gasteiger partial charge in [0.1, 0.15) is 5.15 Å². The molecule has 2 aromatic rings. The topological polar surface area (TPSA) is 25.2 Å². The highest BCUT2D eigenvalue weighted by Gasteiger charge is 2.06. The molecule has 0 atom stereocenters. The highest BCUT2D eigenvalue weighted by Crippen LogP contribution is 2.24. The summed E-state index contributed by atoms with van der Waals surface area (Å²) in [5.74, 6) is 0. The van der Waals surface area contributed by atoms with E-state index in [0.29, 0.717) is 5.15 Å². The van der Waals surface area contributed by atoms with Gasteiger partial charge in [-0.2, -0.15) is 0 Å². The first kappa shape index (κ1) is 12.5. The fourth-order valence-corrected chi connectivity index (χ4v) is 2.03. The maximum atomic E-state index is 6.20. The van der Waals surface area contributed by atoms with Gasteiger partial charge in [-0.1, -0.05) is 54.6 Å². The standard InChI is InChI=1S/C15H13ClN2/c1-3-6-12(10-17-2)14-9-11-7-4-5-8-13(11)15(16)18-14/h3-10H,1H2,2H3/b12-6+,17-10?. The number of fused-ring (bicyclic) bond motifs is 1. The zero-order valence-electron chi connectivity index (χ0n) is 10.1. The third-order valence-corrected chi connectivity index (χ3v) is 2.84. The molecule has 0 fully saturated rings. The fraction of sp³-hybridized carbons (Fsp3) is 0.0667. The number of benzene rings is 1. The van der Waals surface area contributed by atoms with Crippen molar-refractivity contribution in [3.63, 3.8) is 0 Å². The lowest BCUT2D eigenvalue weighted by Gasteiger charge is -2.05. The van der Waals surface area contributed by atoms with Gasteiger partial charge in [0.05, 0.1) is 5.69 Å². The van der Waals surface area contributed by atoms with Gasteiger partial charge >= 0.3 is 0 Å². The number of rotatable bonds is 3. The summed E-state index contributed by atoms with van der Waals surface area (Å²) >= 11 is 6.20. The maximum absolute atomic E-state index is 6.20. The van der Waals surface area contributed by atoms with Crippen LogP contribution in [0.4, 0.5) is 0 Å². The molecule has 90 valence electrons. The molecule has 0 aliphatic heterocycles. The Morgan fingerprint density at radius 3 is 2.89 bits per heavy atom. The minimum Gasteiger partial charge on any atom is -0.296 e. The van der Waals surface area contributed by atoms with Crippen molar-refractivity contribution in [2.75, 3.05) is 7.05 Å². The predicted molar refractivity (Wildman–Crippen MR) is 79.3 cm³/mol. The van der Waals surface area contributed by atoms with Crippen LogP contribution in [-0.2, 0) is 0 Å². The van der Waals surface area contributed by atoms with E-state index in [1.54, 1.807) is 19.3 Å². The van der Waals surface area contributed by atoms with Crippen LogP contribution >= 0.6 is 11.6 Å². The first-order valence-electron chi connectivity index (χ1n) is 5.57. The van der Waals surface area contributed by atoms with E-state index in [-0.39, 0.29) is 0 Å². The van der Waals surface area contributed by atoms with Crippen LogP contribution in [0, 0.1) is 0 Å². The van der Waals surface area contributed by atoms with Crippen molar-refractivity contribution in [2.24, 2.45) is 4.99 Å². The van der Waals surface area contributed by atoms with Crippen molar-refractivity contribution in [3.8, 4) is 0 Å². The van der Waals surface area contributed by atoms with E-state index < -0.39 is 0 Å². The Bertz CT molecular complexity index is 642. The molecule has 0 saturated heterocycles. The molecular formula is C15H13ClN2. The van der Waals surface area contributed by atoms with Crippen LogP contribution in [0.2, 0.25) is 5.15 Å². The number of aliphatic imine (C=N–C) groups is 1. The minimum absolute atomic E-state index is 0.502. The number of hydrogen-bond acceptors (Lipinski definition) is 2. The van der Waals surface area contributed by atoms with E-state index in [4.69, 9.17) is 11.6 Å². The molecule has 3 heteroatoms. The van der Waals surface area contributed by atoms with Gasteiger partial charge in [-0.05, 0) is 11.5 Å². The number of allylic oxidation sites excluding steroid dienone is 3. The molecule has 0 bridgehead atoms. The second-order valence-corrected chi connectivity index (χ2v) is 4.12. The molecule has 0 unspecified atom stereocenters. The van der Waals surface area contributed by atoms with E-state index in [1.165, 1.54) is 0 Å². The van der Waals surface area contributed by atoms with Crippen molar-refractivity contribution in [1.29, 1.82) is 0 Å². The number of pyridine rings is 1. The monoisotopic (exact) mass is 256 g/mol. The van der Waals surface area contributed by atoms with Crippen molar-refractivity contribution in [1.82, 2.24) is 4.98 Å². The number of hydrogen-bond donors (Lipinski definition) is 0. The van der Waals surface area contributed by atoms with Crippen molar-refractivity contribution < 1.29 is 0 Å². The minimum atomic E-state index is 0.502. The molecule has 0 saturated carbocycles. The summed E-state index contributed by atoms with van der Waals surface area (Å²) in [4.78, 5) is 8.41. The van der Waals surface area contributed by atoms with Gasteiger partial charge in [-0.25, -0.2) is 4.98 Å². The predicted octanol–water partition coefficient (Wildman–Crippen LogP) is 4.16. The van der Waals surface area contributed by atoms with E-state index in [0.717, 1.165) is 22.0 Å². The van der Waals surface area contributed by atoms with Gasteiger partial charge < -0.3 is 0 Å². The fourth-order valence-electron chi connectivity index (χ4n) is 1.76. The first-order chi connectivity index (χ1) is 8.76. The third kappa shape index (κ3) is 2.49. The average molecular weight is 257 g/mol. The molecule has 2 rings (SSSR count). The average Bonchev–Trinajstić information content (AvgIpc) is 2.38. The lowest BCUT2D eigenvalue weighted by Crippen LogP contribution is -1.92. The Morgan fingerprint density at radius 2 is 2.17 bits per heavy atom. The van der Waals surface area contributed by atoms with E-state index in [9.17, 15) is 0 Å². The van der Waals surface area contributed by atoms with E-state index in [1.807, 2.05) is 36.4 Å². The van der Waals surface area contributed by atoms with Crippen LogP contribution in [0.25, 0.3) is 16.3 Å². The van der Waals surface area contributed by atoms with Gasteiger partial charge in [0.25, 0.3) is 0 Å². The Morgan fingerprint density at radius 1 is 1.39 bits per heavy atom. The zero-order chi connectivity index (χ0) is 13.0. The summed E-state index contributed by atoms with van der Waals surface area (Å²) in [7, 11) is 1.72. The van der Waals surface area contributed by atoms with Gasteiger partial charge in [-0.15, -0.1) is 0 Å². The number of nitrogens with zero attached hydrogens (tertiary/aromatic N) is 2. The molecule has 0 aliphatic rings. The highest BCUT2D eigenvalue weighted by atomic mass is 35.5. The largest absolute Gasteiger partial charge is 0.296 e. The van der Waals surface area contributed by atoms with E-state index >= 15 is 0 Å². The highest BCUT2D eigenvalue weighted by molar-refractivity contribution is 6.34. The molecule has 2 nitrogen and oxygen atoms in total. The lowest BCUT2D eigenvalue weighted by molar-refractivity contribution is 1.31. The molecule has 0 radical (unpaired) electrons. The molecule has 0 amide bonds. The SMILES string of the molecule is C=C/C=C(\C=NC)c1cc2ccccc2c(Cl)n1.